The van der Waals surface area contributed by atoms with Crippen molar-refractivity contribution in [1.29, 1.82) is 5.41 Å². The third-order valence-corrected chi connectivity index (χ3v) is 2.42. The first kappa shape index (κ1) is 8.30. The Hall–Kier alpha value is -1.31. The van der Waals surface area contributed by atoms with Gasteiger partial charge in [-0.2, -0.15) is 0 Å². The van der Waals surface area contributed by atoms with E-state index in [4.69, 9.17) is 5.41 Å². The summed E-state index contributed by atoms with van der Waals surface area (Å²) in [6.07, 6.45) is 12.4. The Labute approximate surface area is 78.8 Å². The zero-order valence-electron chi connectivity index (χ0n) is 7.66. The molecule has 0 aromatic carbocycles. The first-order chi connectivity index (χ1) is 6.36. The Balaban J connectivity index is 2.10. The van der Waals surface area contributed by atoms with E-state index in [1.807, 2.05) is 24.3 Å². The largest absolute Gasteiger partial charge is 0.377 e. The molecule has 0 atom stereocenters. The second-order valence-corrected chi connectivity index (χ2v) is 3.46. The smallest absolute Gasteiger partial charge is 0.0626 e. The molecule has 1 saturated heterocycles. The van der Waals surface area contributed by atoms with Gasteiger partial charge in [-0.25, -0.2) is 0 Å². The SMILES string of the molecule is N=C1C=CC=C/C1=C/N1CCCC1. The summed E-state index contributed by atoms with van der Waals surface area (Å²) in [5.74, 6) is 0. The van der Waals surface area contributed by atoms with Crippen LogP contribution in [0.1, 0.15) is 12.8 Å². The zero-order chi connectivity index (χ0) is 9.10. The van der Waals surface area contributed by atoms with Gasteiger partial charge in [0.15, 0.2) is 0 Å². The standard InChI is InChI=1S/C11H14N2/c12-11-6-2-1-5-10(11)9-13-7-3-4-8-13/h1-2,5-6,9,12H,3-4,7-8H2/b10-9-,12-11?. The molecular formula is C11H14N2. The average molecular weight is 174 g/mol. The molecule has 0 radical (unpaired) electrons. The van der Waals surface area contributed by atoms with E-state index in [-0.39, 0.29) is 0 Å². The van der Waals surface area contributed by atoms with Crippen LogP contribution in [0.15, 0.2) is 36.1 Å². The maximum atomic E-state index is 7.68. The van der Waals surface area contributed by atoms with Crippen LogP contribution in [0.25, 0.3) is 0 Å². The summed E-state index contributed by atoms with van der Waals surface area (Å²) >= 11 is 0. The van der Waals surface area contributed by atoms with E-state index in [2.05, 4.69) is 11.1 Å². The number of rotatable bonds is 1. The summed E-state index contributed by atoms with van der Waals surface area (Å²) in [6, 6.07) is 0. The van der Waals surface area contributed by atoms with Gasteiger partial charge in [0.2, 0.25) is 0 Å². The van der Waals surface area contributed by atoms with Gasteiger partial charge in [-0.05, 0) is 18.9 Å². The first-order valence-electron chi connectivity index (χ1n) is 4.76. The molecule has 2 nitrogen and oxygen atoms in total. The number of nitrogens with zero attached hydrogens (tertiary/aromatic N) is 1. The predicted molar refractivity (Wildman–Crippen MR) is 54.9 cm³/mol. The number of hydrogen-bond acceptors (Lipinski definition) is 2. The number of likely N-dealkylation sites (tertiary alicyclic amines) is 1. The highest BCUT2D eigenvalue weighted by molar-refractivity contribution is 6.09. The number of nitrogens with one attached hydrogen (secondary N) is 1. The Morgan fingerprint density at radius 3 is 2.54 bits per heavy atom. The van der Waals surface area contributed by atoms with Crippen molar-refractivity contribution in [2.45, 2.75) is 12.8 Å². The minimum absolute atomic E-state index is 0.620. The van der Waals surface area contributed by atoms with E-state index in [9.17, 15) is 0 Å². The molecule has 2 aliphatic rings. The molecule has 1 heterocycles. The lowest BCUT2D eigenvalue weighted by Gasteiger charge is -2.13. The van der Waals surface area contributed by atoms with Crippen LogP contribution in [-0.2, 0) is 0 Å². The summed E-state index contributed by atoms with van der Waals surface area (Å²) in [6.45, 7) is 2.29. The molecular weight excluding hydrogens is 160 g/mol. The van der Waals surface area contributed by atoms with Gasteiger partial charge in [0, 0.05) is 24.9 Å². The summed E-state index contributed by atoms with van der Waals surface area (Å²) in [4.78, 5) is 2.30. The summed E-state index contributed by atoms with van der Waals surface area (Å²) in [7, 11) is 0. The van der Waals surface area contributed by atoms with Gasteiger partial charge < -0.3 is 10.3 Å². The molecule has 1 N–H and O–H groups in total. The average Bonchev–Trinajstić information content (AvgIpc) is 2.61. The summed E-state index contributed by atoms with van der Waals surface area (Å²) in [5, 5.41) is 7.68. The van der Waals surface area contributed by atoms with Crippen LogP contribution in [0, 0.1) is 5.41 Å². The quantitative estimate of drug-likeness (QED) is 0.647. The lowest BCUT2D eigenvalue weighted by molar-refractivity contribution is 0.467. The fourth-order valence-corrected chi connectivity index (χ4v) is 1.68. The molecule has 0 aromatic heterocycles. The van der Waals surface area contributed by atoms with E-state index in [0.29, 0.717) is 5.71 Å². The Morgan fingerprint density at radius 2 is 1.85 bits per heavy atom. The molecule has 1 aliphatic heterocycles. The van der Waals surface area contributed by atoms with E-state index in [1.54, 1.807) is 0 Å². The van der Waals surface area contributed by atoms with E-state index in [1.165, 1.54) is 12.8 Å². The third kappa shape index (κ3) is 1.89. The molecule has 0 spiro atoms. The second-order valence-electron chi connectivity index (χ2n) is 3.46. The molecule has 2 heteroatoms. The van der Waals surface area contributed by atoms with Gasteiger partial charge >= 0.3 is 0 Å². The van der Waals surface area contributed by atoms with Crippen LogP contribution in [0.4, 0.5) is 0 Å². The van der Waals surface area contributed by atoms with Crippen molar-refractivity contribution in [2.75, 3.05) is 13.1 Å². The highest BCUT2D eigenvalue weighted by atomic mass is 15.1. The fraction of sp³-hybridized carbons (Fsp3) is 0.364. The van der Waals surface area contributed by atoms with Crippen LogP contribution in [-0.4, -0.2) is 23.7 Å². The Kier molecular flexibility index (Phi) is 2.30. The van der Waals surface area contributed by atoms with Crippen molar-refractivity contribution in [2.24, 2.45) is 0 Å². The molecule has 0 bridgehead atoms. The molecule has 1 fully saturated rings. The molecule has 2 rings (SSSR count). The van der Waals surface area contributed by atoms with Crippen molar-refractivity contribution in [3.8, 4) is 0 Å². The second kappa shape index (κ2) is 3.60. The van der Waals surface area contributed by atoms with Gasteiger partial charge in [-0.15, -0.1) is 0 Å². The topological polar surface area (TPSA) is 27.1 Å². The van der Waals surface area contributed by atoms with Gasteiger partial charge in [0.05, 0.1) is 5.71 Å². The van der Waals surface area contributed by atoms with Crippen molar-refractivity contribution in [3.63, 3.8) is 0 Å². The van der Waals surface area contributed by atoms with E-state index in [0.717, 1.165) is 18.7 Å². The minimum Gasteiger partial charge on any atom is -0.377 e. The van der Waals surface area contributed by atoms with Crippen molar-refractivity contribution < 1.29 is 0 Å². The van der Waals surface area contributed by atoms with Crippen LogP contribution in [0.5, 0.6) is 0 Å². The van der Waals surface area contributed by atoms with Crippen LogP contribution in [0.2, 0.25) is 0 Å². The monoisotopic (exact) mass is 174 g/mol. The maximum absolute atomic E-state index is 7.68. The molecule has 1 aliphatic carbocycles. The van der Waals surface area contributed by atoms with Crippen molar-refractivity contribution in [1.82, 2.24) is 4.90 Å². The number of allylic oxidation sites excluding steroid dienone is 5. The van der Waals surface area contributed by atoms with Crippen LogP contribution in [0.3, 0.4) is 0 Å². The molecule has 13 heavy (non-hydrogen) atoms. The Bertz CT molecular complexity index is 291. The van der Waals surface area contributed by atoms with Gasteiger partial charge in [-0.1, -0.05) is 18.2 Å². The molecule has 0 unspecified atom stereocenters. The first-order valence-corrected chi connectivity index (χ1v) is 4.76. The lowest BCUT2D eigenvalue weighted by Crippen LogP contribution is -2.13. The molecule has 0 aromatic rings. The third-order valence-electron chi connectivity index (χ3n) is 2.42. The zero-order valence-corrected chi connectivity index (χ0v) is 7.66. The fourth-order valence-electron chi connectivity index (χ4n) is 1.68. The Morgan fingerprint density at radius 1 is 1.15 bits per heavy atom. The molecule has 68 valence electrons. The normalized spacial score (nSPS) is 24.8. The molecule has 0 saturated carbocycles. The lowest BCUT2D eigenvalue weighted by atomic mass is 10.1. The van der Waals surface area contributed by atoms with Gasteiger partial charge in [0.25, 0.3) is 0 Å². The highest BCUT2D eigenvalue weighted by Crippen LogP contribution is 2.13. The van der Waals surface area contributed by atoms with Crippen molar-refractivity contribution in [3.05, 3.63) is 36.1 Å². The van der Waals surface area contributed by atoms with Gasteiger partial charge in [0.1, 0.15) is 0 Å². The maximum Gasteiger partial charge on any atom is 0.0626 e. The van der Waals surface area contributed by atoms with Crippen molar-refractivity contribution >= 4 is 5.71 Å². The number of hydrogen-bond donors (Lipinski definition) is 1. The molecule has 0 amide bonds. The van der Waals surface area contributed by atoms with Crippen LogP contribution >= 0.6 is 0 Å². The van der Waals surface area contributed by atoms with Gasteiger partial charge in [-0.3, -0.25) is 0 Å². The van der Waals surface area contributed by atoms with E-state index >= 15 is 0 Å². The van der Waals surface area contributed by atoms with Crippen LogP contribution < -0.4 is 0 Å². The highest BCUT2D eigenvalue weighted by Gasteiger charge is 2.09. The summed E-state index contributed by atoms with van der Waals surface area (Å²) in [5.41, 5.74) is 1.65. The predicted octanol–water partition coefficient (Wildman–Crippen LogP) is 2.11. The van der Waals surface area contributed by atoms with E-state index < -0.39 is 0 Å². The minimum atomic E-state index is 0.620. The summed E-state index contributed by atoms with van der Waals surface area (Å²) < 4.78 is 0.